The Labute approximate surface area is 108 Å². The molecular formula is C14H22FNO2. The lowest BCUT2D eigenvalue weighted by molar-refractivity contribution is 0.121. The molecule has 0 aliphatic heterocycles. The van der Waals surface area contributed by atoms with Gasteiger partial charge in [0, 0.05) is 12.0 Å². The average Bonchev–Trinajstić information content (AvgIpc) is 2.38. The molecule has 0 fully saturated rings. The van der Waals surface area contributed by atoms with Gasteiger partial charge in [0.15, 0.2) is 11.6 Å². The number of nitrogens with two attached hydrogens (primary N) is 1. The van der Waals surface area contributed by atoms with E-state index in [4.69, 9.17) is 10.5 Å². The summed E-state index contributed by atoms with van der Waals surface area (Å²) in [6, 6.07) is 4.88. The van der Waals surface area contributed by atoms with Crippen molar-refractivity contribution in [2.75, 3.05) is 20.3 Å². The van der Waals surface area contributed by atoms with Crippen molar-refractivity contribution >= 4 is 0 Å². The van der Waals surface area contributed by atoms with E-state index in [0.29, 0.717) is 13.0 Å². The summed E-state index contributed by atoms with van der Waals surface area (Å²) in [7, 11) is 1.44. The summed E-state index contributed by atoms with van der Waals surface area (Å²) in [5.74, 6) is -0.146. The second kappa shape index (κ2) is 6.71. The van der Waals surface area contributed by atoms with Gasteiger partial charge >= 0.3 is 0 Å². The molecule has 0 heterocycles. The molecule has 0 radical (unpaired) electrons. The van der Waals surface area contributed by atoms with Crippen molar-refractivity contribution in [2.24, 2.45) is 11.1 Å². The predicted octanol–water partition coefficient (Wildman–Crippen LogP) is 2.11. The fraction of sp³-hybridized carbons (Fsp3) is 0.571. The molecule has 0 aliphatic rings. The standard InChI is InChI=1S/C14H22FNO2/c1-3-6-14(9-16,10-17)8-11-4-5-13(18-2)12(15)7-11/h4-5,7,17H,3,6,8-10,16H2,1-2H3. The number of hydrogen-bond donors (Lipinski definition) is 2. The molecule has 102 valence electrons. The van der Waals surface area contributed by atoms with Crippen molar-refractivity contribution < 1.29 is 14.2 Å². The van der Waals surface area contributed by atoms with Crippen LogP contribution in [0.1, 0.15) is 25.3 Å². The van der Waals surface area contributed by atoms with Crippen molar-refractivity contribution in [1.29, 1.82) is 0 Å². The van der Waals surface area contributed by atoms with Crippen LogP contribution in [0.25, 0.3) is 0 Å². The van der Waals surface area contributed by atoms with E-state index in [1.54, 1.807) is 6.07 Å². The molecule has 4 heteroatoms. The zero-order valence-electron chi connectivity index (χ0n) is 11.1. The summed E-state index contributed by atoms with van der Waals surface area (Å²) in [4.78, 5) is 0. The maximum atomic E-state index is 13.6. The van der Waals surface area contributed by atoms with Gasteiger partial charge in [-0.3, -0.25) is 0 Å². The molecule has 0 spiro atoms. The van der Waals surface area contributed by atoms with Gasteiger partial charge in [-0.2, -0.15) is 0 Å². The van der Waals surface area contributed by atoms with E-state index in [-0.39, 0.29) is 23.6 Å². The molecule has 0 saturated carbocycles. The first kappa shape index (κ1) is 14.9. The Balaban J connectivity index is 2.90. The van der Waals surface area contributed by atoms with Crippen LogP contribution in [0.5, 0.6) is 5.75 Å². The third-order valence-corrected chi connectivity index (χ3v) is 3.34. The van der Waals surface area contributed by atoms with Crippen LogP contribution in [0.4, 0.5) is 4.39 Å². The van der Waals surface area contributed by atoms with E-state index < -0.39 is 0 Å². The molecular weight excluding hydrogens is 233 g/mol. The highest BCUT2D eigenvalue weighted by Gasteiger charge is 2.27. The van der Waals surface area contributed by atoms with Crippen LogP contribution in [-0.4, -0.2) is 25.4 Å². The number of rotatable bonds is 7. The van der Waals surface area contributed by atoms with E-state index in [1.165, 1.54) is 13.2 Å². The van der Waals surface area contributed by atoms with Gasteiger partial charge in [-0.05, 0) is 30.5 Å². The third-order valence-electron chi connectivity index (χ3n) is 3.34. The van der Waals surface area contributed by atoms with Crippen LogP contribution in [-0.2, 0) is 6.42 Å². The predicted molar refractivity (Wildman–Crippen MR) is 70.1 cm³/mol. The summed E-state index contributed by atoms with van der Waals surface area (Å²) in [5.41, 5.74) is 6.25. The maximum absolute atomic E-state index is 13.6. The first-order chi connectivity index (χ1) is 8.60. The third kappa shape index (κ3) is 3.43. The average molecular weight is 255 g/mol. The molecule has 0 aromatic heterocycles. The Bertz CT molecular complexity index is 378. The molecule has 1 aromatic carbocycles. The van der Waals surface area contributed by atoms with Gasteiger partial charge in [0.05, 0.1) is 13.7 Å². The first-order valence-corrected chi connectivity index (χ1v) is 6.24. The Morgan fingerprint density at radius 3 is 2.61 bits per heavy atom. The SMILES string of the molecule is CCCC(CN)(CO)Cc1ccc(OC)c(F)c1. The van der Waals surface area contributed by atoms with Crippen LogP contribution in [0, 0.1) is 11.2 Å². The number of hydrogen-bond acceptors (Lipinski definition) is 3. The second-order valence-electron chi connectivity index (χ2n) is 4.76. The highest BCUT2D eigenvalue weighted by Crippen LogP contribution is 2.29. The lowest BCUT2D eigenvalue weighted by atomic mass is 9.78. The number of aliphatic hydroxyl groups excluding tert-OH is 1. The Morgan fingerprint density at radius 2 is 2.17 bits per heavy atom. The Kier molecular flexibility index (Phi) is 5.56. The number of ether oxygens (including phenoxy) is 1. The lowest BCUT2D eigenvalue weighted by Gasteiger charge is -2.30. The molecule has 1 atom stereocenters. The van der Waals surface area contributed by atoms with E-state index >= 15 is 0 Å². The van der Waals surface area contributed by atoms with Gasteiger partial charge < -0.3 is 15.6 Å². The van der Waals surface area contributed by atoms with Crippen LogP contribution in [0.15, 0.2) is 18.2 Å². The molecule has 1 unspecified atom stereocenters. The zero-order valence-corrected chi connectivity index (χ0v) is 11.1. The lowest BCUT2D eigenvalue weighted by Crippen LogP contribution is -2.36. The molecule has 0 amide bonds. The molecule has 3 N–H and O–H groups in total. The van der Waals surface area contributed by atoms with Crippen LogP contribution < -0.4 is 10.5 Å². The van der Waals surface area contributed by atoms with Gasteiger partial charge in [-0.15, -0.1) is 0 Å². The van der Waals surface area contributed by atoms with Gasteiger partial charge in [0.25, 0.3) is 0 Å². The highest BCUT2D eigenvalue weighted by atomic mass is 19.1. The van der Waals surface area contributed by atoms with Crippen molar-refractivity contribution in [3.63, 3.8) is 0 Å². The minimum Gasteiger partial charge on any atom is -0.494 e. The molecule has 3 nitrogen and oxygen atoms in total. The fourth-order valence-electron chi connectivity index (χ4n) is 2.25. The number of aliphatic hydroxyl groups is 1. The summed E-state index contributed by atoms with van der Waals surface area (Å²) in [6.45, 7) is 2.46. The first-order valence-electron chi connectivity index (χ1n) is 6.24. The van der Waals surface area contributed by atoms with E-state index in [1.807, 2.05) is 6.07 Å². The van der Waals surface area contributed by atoms with Crippen LogP contribution >= 0.6 is 0 Å². The summed E-state index contributed by atoms with van der Waals surface area (Å²) < 4.78 is 18.5. The number of methoxy groups -OCH3 is 1. The summed E-state index contributed by atoms with van der Waals surface area (Å²) in [6.07, 6.45) is 2.35. The minimum absolute atomic E-state index is 0.0188. The quantitative estimate of drug-likeness (QED) is 0.784. The molecule has 0 aliphatic carbocycles. The van der Waals surface area contributed by atoms with Crippen molar-refractivity contribution in [1.82, 2.24) is 0 Å². The van der Waals surface area contributed by atoms with Crippen molar-refractivity contribution in [3.05, 3.63) is 29.6 Å². The smallest absolute Gasteiger partial charge is 0.165 e. The van der Waals surface area contributed by atoms with Gasteiger partial charge in [0.2, 0.25) is 0 Å². The minimum atomic E-state index is -0.379. The molecule has 0 bridgehead atoms. The maximum Gasteiger partial charge on any atom is 0.165 e. The normalized spacial score (nSPS) is 14.3. The monoisotopic (exact) mass is 255 g/mol. The summed E-state index contributed by atoms with van der Waals surface area (Å²) in [5, 5.41) is 9.54. The van der Waals surface area contributed by atoms with E-state index in [0.717, 1.165) is 18.4 Å². The zero-order chi connectivity index (χ0) is 13.6. The van der Waals surface area contributed by atoms with E-state index in [2.05, 4.69) is 6.92 Å². The fourth-order valence-corrected chi connectivity index (χ4v) is 2.25. The van der Waals surface area contributed by atoms with Crippen molar-refractivity contribution in [2.45, 2.75) is 26.2 Å². The van der Waals surface area contributed by atoms with Gasteiger partial charge in [0.1, 0.15) is 0 Å². The van der Waals surface area contributed by atoms with E-state index in [9.17, 15) is 9.50 Å². The number of halogens is 1. The summed E-state index contributed by atoms with van der Waals surface area (Å²) >= 11 is 0. The van der Waals surface area contributed by atoms with Crippen molar-refractivity contribution in [3.8, 4) is 5.75 Å². The highest BCUT2D eigenvalue weighted by molar-refractivity contribution is 5.30. The molecule has 1 rings (SSSR count). The largest absolute Gasteiger partial charge is 0.494 e. The molecule has 18 heavy (non-hydrogen) atoms. The van der Waals surface area contributed by atoms with Crippen LogP contribution in [0.2, 0.25) is 0 Å². The second-order valence-corrected chi connectivity index (χ2v) is 4.76. The Morgan fingerprint density at radius 1 is 1.44 bits per heavy atom. The van der Waals surface area contributed by atoms with Gasteiger partial charge in [-0.25, -0.2) is 4.39 Å². The molecule has 1 aromatic rings. The topological polar surface area (TPSA) is 55.5 Å². The van der Waals surface area contributed by atoms with Crippen LogP contribution in [0.3, 0.4) is 0 Å². The number of benzene rings is 1. The molecule has 0 saturated heterocycles. The Hall–Kier alpha value is -1.13. The van der Waals surface area contributed by atoms with Gasteiger partial charge in [-0.1, -0.05) is 19.4 Å².